The number of hydrogen-bond donors (Lipinski definition) is 0. The highest BCUT2D eigenvalue weighted by molar-refractivity contribution is 7.98. The average molecular weight is 407 g/mol. The number of aryl methyl sites for hydroxylation is 1. The van der Waals surface area contributed by atoms with Crippen LogP contribution in [0.25, 0.3) is 5.69 Å². The molecule has 0 radical (unpaired) electrons. The van der Waals surface area contributed by atoms with Gasteiger partial charge in [-0.05, 0) is 36.2 Å². The number of aromatic nitrogens is 3. The number of benzene rings is 3. The van der Waals surface area contributed by atoms with Crippen molar-refractivity contribution in [1.29, 1.82) is 0 Å². The Morgan fingerprint density at radius 3 is 2.38 bits per heavy atom. The van der Waals surface area contributed by atoms with Crippen molar-refractivity contribution in [2.24, 2.45) is 0 Å². The molecule has 3 nitrogen and oxygen atoms in total. The van der Waals surface area contributed by atoms with Crippen LogP contribution in [0.2, 0.25) is 0 Å². The topological polar surface area (TPSA) is 30.7 Å². The van der Waals surface area contributed by atoms with Crippen molar-refractivity contribution in [2.45, 2.75) is 24.3 Å². The van der Waals surface area contributed by atoms with Crippen LogP contribution in [0.1, 0.15) is 22.5 Å². The third-order valence-electron chi connectivity index (χ3n) is 4.57. The molecular weight excluding hydrogens is 388 g/mol. The second-order valence-corrected chi connectivity index (χ2v) is 7.70. The van der Waals surface area contributed by atoms with Gasteiger partial charge in [-0.2, -0.15) is 0 Å². The molecule has 4 aromatic rings. The van der Waals surface area contributed by atoms with E-state index in [-0.39, 0.29) is 0 Å². The Balaban J connectivity index is 1.66. The third kappa shape index (κ3) is 4.54. The van der Waals surface area contributed by atoms with Gasteiger partial charge >= 0.3 is 0 Å². The van der Waals surface area contributed by atoms with Gasteiger partial charge in [0, 0.05) is 23.9 Å². The van der Waals surface area contributed by atoms with Gasteiger partial charge < -0.3 is 0 Å². The van der Waals surface area contributed by atoms with Crippen LogP contribution in [0, 0.1) is 18.6 Å². The second kappa shape index (κ2) is 8.57. The molecule has 0 aliphatic rings. The minimum Gasteiger partial charge on any atom is -0.274 e. The van der Waals surface area contributed by atoms with Crippen molar-refractivity contribution < 1.29 is 8.78 Å². The molecule has 0 atom stereocenters. The van der Waals surface area contributed by atoms with Gasteiger partial charge in [0.15, 0.2) is 5.16 Å². The molecule has 4 rings (SSSR count). The summed E-state index contributed by atoms with van der Waals surface area (Å²) in [5.41, 5.74) is 3.68. The first kappa shape index (κ1) is 19.3. The van der Waals surface area contributed by atoms with Gasteiger partial charge in [-0.1, -0.05) is 65.9 Å². The monoisotopic (exact) mass is 407 g/mol. The molecule has 0 aliphatic carbocycles. The molecule has 0 fully saturated rings. The van der Waals surface area contributed by atoms with Crippen molar-refractivity contribution in [3.05, 3.63) is 107 Å². The van der Waals surface area contributed by atoms with E-state index in [0.717, 1.165) is 28.7 Å². The van der Waals surface area contributed by atoms with E-state index in [4.69, 9.17) is 0 Å². The van der Waals surface area contributed by atoms with Gasteiger partial charge in [-0.25, -0.2) is 8.78 Å². The van der Waals surface area contributed by atoms with Crippen LogP contribution in [-0.4, -0.2) is 14.8 Å². The van der Waals surface area contributed by atoms with Crippen LogP contribution < -0.4 is 0 Å². The van der Waals surface area contributed by atoms with Crippen molar-refractivity contribution in [3.8, 4) is 5.69 Å². The first-order chi connectivity index (χ1) is 14.1. The zero-order chi connectivity index (χ0) is 20.2. The molecule has 0 spiro atoms. The highest BCUT2D eigenvalue weighted by atomic mass is 32.2. The normalized spacial score (nSPS) is 11.0. The van der Waals surface area contributed by atoms with E-state index in [1.165, 1.54) is 23.9 Å². The standard InChI is InChI=1S/C23H19F2N3S/c1-16-7-11-20(12-8-16)28-22(13-17-5-3-2-4-6-17)26-27-23(28)29-15-18-9-10-19(24)14-21(18)25/h2-12,14H,13,15H2,1H3. The molecular formula is C23H19F2N3S. The van der Waals surface area contributed by atoms with Crippen molar-refractivity contribution in [3.63, 3.8) is 0 Å². The lowest BCUT2D eigenvalue weighted by Crippen LogP contribution is -2.04. The molecule has 0 unspecified atom stereocenters. The van der Waals surface area contributed by atoms with Crippen molar-refractivity contribution >= 4 is 11.8 Å². The van der Waals surface area contributed by atoms with Crippen LogP contribution in [0.3, 0.4) is 0 Å². The predicted molar refractivity (Wildman–Crippen MR) is 111 cm³/mol. The lowest BCUT2D eigenvalue weighted by atomic mass is 10.1. The highest BCUT2D eigenvalue weighted by Gasteiger charge is 2.16. The molecule has 0 N–H and O–H groups in total. The van der Waals surface area contributed by atoms with Gasteiger partial charge in [-0.3, -0.25) is 4.57 Å². The van der Waals surface area contributed by atoms with E-state index in [1.54, 1.807) is 0 Å². The van der Waals surface area contributed by atoms with E-state index in [2.05, 4.69) is 22.3 Å². The van der Waals surface area contributed by atoms with Crippen molar-refractivity contribution in [2.75, 3.05) is 0 Å². The van der Waals surface area contributed by atoms with Gasteiger partial charge in [0.2, 0.25) is 0 Å². The van der Waals surface area contributed by atoms with E-state index >= 15 is 0 Å². The second-order valence-electron chi connectivity index (χ2n) is 6.76. The Hall–Kier alpha value is -2.99. The Morgan fingerprint density at radius 1 is 0.897 bits per heavy atom. The smallest absolute Gasteiger partial charge is 0.196 e. The largest absolute Gasteiger partial charge is 0.274 e. The molecule has 29 heavy (non-hydrogen) atoms. The summed E-state index contributed by atoms with van der Waals surface area (Å²) in [6.07, 6.45) is 0.632. The lowest BCUT2D eigenvalue weighted by Gasteiger charge is -2.11. The molecule has 1 aromatic heterocycles. The lowest BCUT2D eigenvalue weighted by molar-refractivity contribution is 0.576. The Bertz CT molecular complexity index is 1110. The first-order valence-electron chi connectivity index (χ1n) is 9.22. The van der Waals surface area contributed by atoms with Gasteiger partial charge in [0.05, 0.1) is 0 Å². The summed E-state index contributed by atoms with van der Waals surface area (Å²) in [6.45, 7) is 2.04. The fraction of sp³-hybridized carbons (Fsp3) is 0.130. The average Bonchev–Trinajstić information content (AvgIpc) is 3.11. The Labute approximate surface area is 172 Å². The molecule has 6 heteroatoms. The number of halogens is 2. The SMILES string of the molecule is Cc1ccc(-n2c(Cc3ccccc3)nnc2SCc2ccc(F)cc2F)cc1. The zero-order valence-corrected chi connectivity index (χ0v) is 16.7. The fourth-order valence-electron chi connectivity index (χ4n) is 3.02. The minimum absolute atomic E-state index is 0.335. The molecule has 0 saturated heterocycles. The quantitative estimate of drug-likeness (QED) is 0.382. The van der Waals surface area contributed by atoms with Crippen LogP contribution in [-0.2, 0) is 12.2 Å². The maximum atomic E-state index is 14.0. The van der Waals surface area contributed by atoms with E-state index in [1.807, 2.05) is 54.0 Å². The number of hydrogen-bond acceptors (Lipinski definition) is 3. The number of thioether (sulfide) groups is 1. The first-order valence-corrected chi connectivity index (χ1v) is 10.2. The molecule has 0 amide bonds. The van der Waals surface area contributed by atoms with Gasteiger partial charge in [0.25, 0.3) is 0 Å². The van der Waals surface area contributed by atoms with E-state index in [0.29, 0.717) is 22.9 Å². The molecule has 3 aromatic carbocycles. The molecule has 146 valence electrons. The Morgan fingerprint density at radius 2 is 1.66 bits per heavy atom. The maximum Gasteiger partial charge on any atom is 0.196 e. The van der Waals surface area contributed by atoms with Crippen LogP contribution in [0.5, 0.6) is 0 Å². The van der Waals surface area contributed by atoms with Crippen LogP contribution in [0.15, 0.2) is 78.0 Å². The van der Waals surface area contributed by atoms with Crippen molar-refractivity contribution in [1.82, 2.24) is 14.8 Å². The van der Waals surface area contributed by atoms with Gasteiger partial charge in [-0.15, -0.1) is 10.2 Å². The van der Waals surface area contributed by atoms with Gasteiger partial charge in [0.1, 0.15) is 17.5 Å². The summed E-state index contributed by atoms with van der Waals surface area (Å²) < 4.78 is 29.2. The molecule has 0 saturated carbocycles. The maximum absolute atomic E-state index is 14.0. The Kier molecular flexibility index (Phi) is 5.71. The summed E-state index contributed by atoms with van der Waals surface area (Å²) >= 11 is 1.38. The summed E-state index contributed by atoms with van der Waals surface area (Å²) in [5.74, 6) is 0.0105. The summed E-state index contributed by atoms with van der Waals surface area (Å²) in [7, 11) is 0. The van der Waals surface area contributed by atoms with Crippen LogP contribution in [0.4, 0.5) is 8.78 Å². The highest BCUT2D eigenvalue weighted by Crippen LogP contribution is 2.27. The summed E-state index contributed by atoms with van der Waals surface area (Å²) in [5, 5.41) is 9.42. The third-order valence-corrected chi connectivity index (χ3v) is 5.55. The molecule has 1 heterocycles. The molecule has 0 aliphatic heterocycles. The zero-order valence-electron chi connectivity index (χ0n) is 15.8. The minimum atomic E-state index is -0.579. The molecule has 0 bridgehead atoms. The predicted octanol–water partition coefficient (Wildman–Crippen LogP) is 5.74. The number of rotatable bonds is 6. The summed E-state index contributed by atoms with van der Waals surface area (Å²) in [4.78, 5) is 0. The summed E-state index contributed by atoms with van der Waals surface area (Å²) in [6, 6.07) is 21.8. The van der Waals surface area contributed by atoms with Crippen LogP contribution >= 0.6 is 11.8 Å². The van der Waals surface area contributed by atoms with E-state index in [9.17, 15) is 8.78 Å². The van der Waals surface area contributed by atoms with E-state index < -0.39 is 11.6 Å². The number of nitrogens with zero attached hydrogens (tertiary/aromatic N) is 3. The fourth-order valence-corrected chi connectivity index (χ4v) is 3.98.